The molecular formula is C30H64N4O6S2Sn. The van der Waals surface area contributed by atoms with Crippen molar-refractivity contribution in [3.8, 4) is 0 Å². The van der Waals surface area contributed by atoms with Gasteiger partial charge in [-0.2, -0.15) is 0 Å². The van der Waals surface area contributed by atoms with Crippen molar-refractivity contribution >= 4 is 56.4 Å². The number of carbonyl (C=O) groups excluding carboxylic acids is 2. The molecule has 2 atom stereocenters. The molecular weight excluding hydrogens is 695 g/mol. The number of nitrogens with two attached hydrogens (primary N) is 2. The van der Waals surface area contributed by atoms with Crippen LogP contribution in [0.25, 0.3) is 0 Å². The summed E-state index contributed by atoms with van der Waals surface area (Å²) in [6.45, 7) is 8.67. The first-order valence-corrected chi connectivity index (χ1v) is 24.2. The molecule has 6 N–H and O–H groups in total. The summed E-state index contributed by atoms with van der Waals surface area (Å²) in [5.74, 6) is 0.944. The molecule has 0 aliphatic heterocycles. The number of rotatable bonds is 32. The van der Waals surface area contributed by atoms with Gasteiger partial charge in [-0.05, 0) is 0 Å². The molecule has 0 bridgehead atoms. The van der Waals surface area contributed by atoms with Crippen LogP contribution >= 0.6 is 25.3 Å². The SMILES string of the molecule is CCCCOC(=O)C[CH2][Sn]([CH2]CC(=O)OCCCC)([O]C[C@@H](CCCCN)NCCS)[O]C[C@H](CCCCN)NCCS. The van der Waals surface area contributed by atoms with E-state index in [2.05, 4.69) is 49.7 Å². The van der Waals surface area contributed by atoms with Crippen molar-refractivity contribution < 1.29 is 25.2 Å². The first kappa shape index (κ1) is 43.2. The average molecular weight is 760 g/mol. The van der Waals surface area contributed by atoms with Crippen molar-refractivity contribution in [2.24, 2.45) is 11.5 Å². The summed E-state index contributed by atoms with van der Waals surface area (Å²) in [7, 11) is 0. The summed E-state index contributed by atoms with van der Waals surface area (Å²) in [6.07, 6.45) is 9.69. The van der Waals surface area contributed by atoms with E-state index in [0.717, 1.165) is 77.3 Å². The predicted molar refractivity (Wildman–Crippen MR) is 185 cm³/mol. The van der Waals surface area contributed by atoms with Crippen molar-refractivity contribution in [3.05, 3.63) is 0 Å². The quantitative estimate of drug-likeness (QED) is 0.0258. The standard InChI is InChI=1S/2C8H19N2OS.2C7H13O2.Sn/c2*9-4-2-1-3-8(7-11)10-5-6-12;2*1-3-5-6-9-7(8)4-2;/h2*8,10,12H,1-7,9H2;2*2-6H2,1H3;/q2*-1;;;+2/t2*8-;;;/m10.../s1. The van der Waals surface area contributed by atoms with Gasteiger partial charge in [-0.3, -0.25) is 0 Å². The first-order valence-electron chi connectivity index (χ1n) is 16.6. The summed E-state index contributed by atoms with van der Waals surface area (Å²) in [4.78, 5) is 25.5. The fourth-order valence-corrected chi connectivity index (χ4v) is 13.5. The van der Waals surface area contributed by atoms with Crippen LogP contribution < -0.4 is 22.1 Å². The number of unbranched alkanes of at least 4 members (excludes halogenated alkanes) is 4. The molecule has 0 aliphatic rings. The molecule has 0 spiro atoms. The van der Waals surface area contributed by atoms with Gasteiger partial charge in [0.1, 0.15) is 0 Å². The number of ether oxygens (including phenoxy) is 2. The van der Waals surface area contributed by atoms with Crippen LogP contribution in [0, 0.1) is 0 Å². The van der Waals surface area contributed by atoms with Gasteiger partial charge in [-0.25, -0.2) is 0 Å². The van der Waals surface area contributed by atoms with Crippen LogP contribution in [0.5, 0.6) is 0 Å². The summed E-state index contributed by atoms with van der Waals surface area (Å²) in [5.41, 5.74) is 11.5. The van der Waals surface area contributed by atoms with E-state index in [-0.39, 0.29) is 36.9 Å². The van der Waals surface area contributed by atoms with Crippen LogP contribution in [-0.4, -0.2) is 107 Å². The number of hydrogen-bond acceptors (Lipinski definition) is 12. The Labute approximate surface area is 278 Å². The number of hydrogen-bond donors (Lipinski definition) is 6. The van der Waals surface area contributed by atoms with E-state index >= 15 is 0 Å². The van der Waals surface area contributed by atoms with Gasteiger partial charge in [0.05, 0.1) is 0 Å². The maximum absolute atomic E-state index is 12.7. The molecule has 0 unspecified atom stereocenters. The van der Waals surface area contributed by atoms with Gasteiger partial charge in [0.2, 0.25) is 0 Å². The fourth-order valence-electron chi connectivity index (χ4n) is 4.45. The zero-order valence-corrected chi connectivity index (χ0v) is 31.8. The van der Waals surface area contributed by atoms with E-state index in [1.807, 2.05) is 0 Å². The molecule has 43 heavy (non-hydrogen) atoms. The van der Waals surface area contributed by atoms with Gasteiger partial charge in [0, 0.05) is 0 Å². The van der Waals surface area contributed by atoms with Crippen molar-refractivity contribution in [2.75, 3.05) is 64.1 Å². The minimum atomic E-state index is -4.06. The number of esters is 2. The Morgan fingerprint density at radius 2 is 1.12 bits per heavy atom. The zero-order chi connectivity index (χ0) is 32.0. The van der Waals surface area contributed by atoms with Gasteiger partial charge in [0.15, 0.2) is 0 Å². The fraction of sp³-hybridized carbons (Fsp3) is 0.933. The molecule has 0 fully saturated rings. The summed E-state index contributed by atoms with van der Waals surface area (Å²) < 4.78 is 25.6. The van der Waals surface area contributed by atoms with Crippen LogP contribution in [0.2, 0.25) is 8.87 Å². The molecule has 0 saturated heterocycles. The molecule has 0 radical (unpaired) electrons. The predicted octanol–water partition coefficient (Wildman–Crippen LogP) is 3.96. The Morgan fingerprint density at radius 1 is 0.698 bits per heavy atom. The molecule has 0 aromatic carbocycles. The van der Waals surface area contributed by atoms with Crippen molar-refractivity contribution in [3.63, 3.8) is 0 Å². The molecule has 0 aromatic rings. The molecule has 0 amide bonds. The molecule has 0 aliphatic carbocycles. The summed E-state index contributed by atoms with van der Waals surface area (Å²) in [6, 6.07) is 0.211. The maximum atomic E-state index is 12.7. The van der Waals surface area contributed by atoms with E-state index in [0.29, 0.717) is 59.9 Å². The normalized spacial score (nSPS) is 13.2. The van der Waals surface area contributed by atoms with E-state index < -0.39 is 19.2 Å². The third kappa shape index (κ3) is 25.0. The number of thiol groups is 2. The van der Waals surface area contributed by atoms with Crippen LogP contribution in [0.1, 0.15) is 90.9 Å². The summed E-state index contributed by atoms with van der Waals surface area (Å²) in [5, 5.41) is 7.09. The molecule has 256 valence electrons. The van der Waals surface area contributed by atoms with Gasteiger partial charge in [-0.1, -0.05) is 0 Å². The van der Waals surface area contributed by atoms with E-state index in [1.54, 1.807) is 0 Å². The van der Waals surface area contributed by atoms with Crippen LogP contribution in [0.4, 0.5) is 0 Å². The second kappa shape index (κ2) is 30.8. The van der Waals surface area contributed by atoms with E-state index in [4.69, 9.17) is 27.1 Å². The second-order valence-electron chi connectivity index (χ2n) is 11.0. The summed E-state index contributed by atoms with van der Waals surface area (Å²) >= 11 is 4.68. The number of nitrogens with one attached hydrogen (secondary N) is 2. The zero-order valence-electron chi connectivity index (χ0n) is 27.1. The second-order valence-corrected chi connectivity index (χ2v) is 21.6. The van der Waals surface area contributed by atoms with Crippen molar-refractivity contribution in [1.82, 2.24) is 10.6 Å². The molecule has 0 heterocycles. The van der Waals surface area contributed by atoms with E-state index in [9.17, 15) is 9.59 Å². The molecule has 0 saturated carbocycles. The first-order chi connectivity index (χ1) is 20.9. The topological polar surface area (TPSA) is 147 Å². The molecule has 0 aromatic heterocycles. The van der Waals surface area contributed by atoms with Crippen molar-refractivity contribution in [2.45, 2.75) is 112 Å². The van der Waals surface area contributed by atoms with Gasteiger partial charge in [0.25, 0.3) is 0 Å². The third-order valence-electron chi connectivity index (χ3n) is 7.14. The third-order valence-corrected chi connectivity index (χ3v) is 17.3. The Kier molecular flexibility index (Phi) is 31.0. The van der Waals surface area contributed by atoms with Gasteiger partial charge >= 0.3 is 280 Å². The Morgan fingerprint density at radius 3 is 1.47 bits per heavy atom. The Bertz CT molecular complexity index is 618. The monoisotopic (exact) mass is 760 g/mol. The Hall–Kier alpha value is 0.199. The molecule has 10 nitrogen and oxygen atoms in total. The Balaban J connectivity index is 5.96. The molecule has 0 rings (SSSR count). The average Bonchev–Trinajstić information content (AvgIpc) is 3.01. The van der Waals surface area contributed by atoms with Gasteiger partial charge < -0.3 is 0 Å². The molecule has 13 heteroatoms. The van der Waals surface area contributed by atoms with Crippen LogP contribution in [0.3, 0.4) is 0 Å². The number of carbonyl (C=O) groups is 2. The van der Waals surface area contributed by atoms with Crippen LogP contribution in [0.15, 0.2) is 0 Å². The van der Waals surface area contributed by atoms with Crippen molar-refractivity contribution in [1.29, 1.82) is 0 Å². The minimum absolute atomic E-state index is 0.106. The van der Waals surface area contributed by atoms with Crippen LogP contribution in [-0.2, 0) is 25.2 Å². The van der Waals surface area contributed by atoms with E-state index in [1.165, 1.54) is 0 Å². The van der Waals surface area contributed by atoms with Gasteiger partial charge in [-0.15, -0.1) is 0 Å².